The summed E-state index contributed by atoms with van der Waals surface area (Å²) in [6.45, 7) is 3.27. The van der Waals surface area contributed by atoms with Crippen molar-refractivity contribution < 1.29 is 0 Å². The molecule has 4 aliphatic rings. The van der Waals surface area contributed by atoms with Gasteiger partial charge in [-0.2, -0.15) is 0 Å². The van der Waals surface area contributed by atoms with Gasteiger partial charge in [-0.1, -0.05) is 18.2 Å². The van der Waals surface area contributed by atoms with E-state index in [1.165, 1.54) is 30.4 Å². The fraction of sp³-hybridized carbons (Fsp3) is 0.667. The minimum Gasteiger partial charge on any atom is -0.312 e. The Balaban J connectivity index is 1.25. The molecule has 106 valence electrons. The van der Waals surface area contributed by atoms with Crippen molar-refractivity contribution in [2.45, 2.75) is 44.8 Å². The average molecular weight is 268 g/mol. The lowest BCUT2D eigenvalue weighted by Gasteiger charge is -2.18. The Hall–Kier alpha value is -0.860. The van der Waals surface area contributed by atoms with Gasteiger partial charge in [0.25, 0.3) is 0 Å². The molecule has 4 atom stereocenters. The summed E-state index contributed by atoms with van der Waals surface area (Å²) in [6, 6.07) is 7.96. The number of rotatable bonds is 3. The zero-order valence-corrected chi connectivity index (χ0v) is 12.1. The predicted octanol–water partition coefficient (Wildman–Crippen LogP) is 2.47. The third-order valence-corrected chi connectivity index (χ3v) is 6.43. The van der Waals surface area contributed by atoms with Crippen molar-refractivity contribution in [1.29, 1.82) is 0 Å². The first-order valence-electron chi connectivity index (χ1n) is 8.45. The number of hydrogen-bond donors (Lipinski definition) is 2. The molecule has 3 fully saturated rings. The highest BCUT2D eigenvalue weighted by Gasteiger charge is 2.64. The minimum atomic E-state index is 0.857. The van der Waals surface area contributed by atoms with Gasteiger partial charge in [-0.05, 0) is 72.6 Å². The lowest BCUT2D eigenvalue weighted by molar-refractivity contribution is 0.456. The van der Waals surface area contributed by atoms with Crippen LogP contribution in [-0.4, -0.2) is 12.6 Å². The van der Waals surface area contributed by atoms with Gasteiger partial charge in [0.1, 0.15) is 0 Å². The van der Waals surface area contributed by atoms with Crippen molar-refractivity contribution in [1.82, 2.24) is 10.6 Å². The SMILES string of the molecule is c1cc2c(cc1CNC1C3C4CCC(C4)C13)CNCC2. The van der Waals surface area contributed by atoms with E-state index in [1.54, 1.807) is 12.0 Å². The average Bonchev–Trinajstić information content (AvgIpc) is 2.88. The van der Waals surface area contributed by atoms with E-state index in [0.717, 1.165) is 49.3 Å². The summed E-state index contributed by atoms with van der Waals surface area (Å²) in [5.41, 5.74) is 4.55. The minimum absolute atomic E-state index is 0.857. The molecule has 1 aliphatic heterocycles. The largest absolute Gasteiger partial charge is 0.312 e. The summed E-state index contributed by atoms with van der Waals surface area (Å²) < 4.78 is 0. The fourth-order valence-corrected chi connectivity index (χ4v) is 5.48. The molecule has 1 aromatic rings. The monoisotopic (exact) mass is 268 g/mol. The van der Waals surface area contributed by atoms with E-state index in [2.05, 4.69) is 28.8 Å². The number of fused-ring (bicyclic) bond motifs is 6. The Morgan fingerprint density at radius 3 is 2.80 bits per heavy atom. The Morgan fingerprint density at radius 1 is 1.10 bits per heavy atom. The number of nitrogens with one attached hydrogen (secondary N) is 2. The summed E-state index contributed by atoms with van der Waals surface area (Å²) in [5.74, 6) is 4.26. The van der Waals surface area contributed by atoms with E-state index < -0.39 is 0 Å². The van der Waals surface area contributed by atoms with Gasteiger partial charge in [-0.15, -0.1) is 0 Å². The maximum atomic E-state index is 3.86. The van der Waals surface area contributed by atoms with Crippen LogP contribution in [-0.2, 0) is 19.5 Å². The Kier molecular flexibility index (Phi) is 2.54. The Bertz CT molecular complexity index is 522. The first-order chi connectivity index (χ1) is 9.90. The van der Waals surface area contributed by atoms with Crippen LogP contribution in [0.1, 0.15) is 36.0 Å². The van der Waals surface area contributed by atoms with Gasteiger partial charge in [0.2, 0.25) is 0 Å². The molecule has 0 aromatic heterocycles. The maximum absolute atomic E-state index is 3.86. The van der Waals surface area contributed by atoms with Crippen molar-refractivity contribution >= 4 is 0 Å². The van der Waals surface area contributed by atoms with Crippen LogP contribution in [0.5, 0.6) is 0 Å². The second-order valence-electron chi connectivity index (χ2n) is 7.42. The summed E-state index contributed by atoms with van der Waals surface area (Å²) in [4.78, 5) is 0. The molecule has 20 heavy (non-hydrogen) atoms. The zero-order chi connectivity index (χ0) is 13.1. The van der Waals surface area contributed by atoms with Crippen LogP contribution >= 0.6 is 0 Å². The maximum Gasteiger partial charge on any atom is 0.0208 e. The lowest BCUT2D eigenvalue weighted by Crippen LogP contribution is -2.25. The van der Waals surface area contributed by atoms with Crippen LogP contribution in [0.25, 0.3) is 0 Å². The predicted molar refractivity (Wildman–Crippen MR) is 80.3 cm³/mol. The second-order valence-corrected chi connectivity index (χ2v) is 7.42. The van der Waals surface area contributed by atoms with Crippen LogP contribution in [0.2, 0.25) is 0 Å². The van der Waals surface area contributed by atoms with Gasteiger partial charge in [0, 0.05) is 19.1 Å². The van der Waals surface area contributed by atoms with Gasteiger partial charge in [-0.3, -0.25) is 0 Å². The van der Waals surface area contributed by atoms with Crippen LogP contribution in [0.15, 0.2) is 18.2 Å². The summed E-state index contributed by atoms with van der Waals surface area (Å²) in [7, 11) is 0. The third kappa shape index (κ3) is 1.71. The quantitative estimate of drug-likeness (QED) is 0.880. The van der Waals surface area contributed by atoms with E-state index in [1.807, 2.05) is 0 Å². The molecular weight excluding hydrogens is 244 g/mol. The van der Waals surface area contributed by atoms with E-state index >= 15 is 0 Å². The molecule has 1 heterocycles. The second kappa shape index (κ2) is 4.32. The number of benzene rings is 1. The van der Waals surface area contributed by atoms with Crippen molar-refractivity contribution in [3.8, 4) is 0 Å². The summed E-state index contributed by atoms with van der Waals surface area (Å²) in [6.07, 6.45) is 5.79. The molecule has 2 N–H and O–H groups in total. The molecule has 3 saturated carbocycles. The highest BCUT2D eigenvalue weighted by Crippen LogP contribution is 2.65. The Morgan fingerprint density at radius 2 is 1.95 bits per heavy atom. The molecule has 0 amide bonds. The van der Waals surface area contributed by atoms with Crippen LogP contribution < -0.4 is 10.6 Å². The van der Waals surface area contributed by atoms with Gasteiger partial charge < -0.3 is 10.6 Å². The van der Waals surface area contributed by atoms with Crippen molar-refractivity contribution in [3.05, 3.63) is 34.9 Å². The van der Waals surface area contributed by atoms with Crippen molar-refractivity contribution in [2.75, 3.05) is 6.54 Å². The molecular formula is C18H24N2. The summed E-state index contributed by atoms with van der Waals surface area (Å²) >= 11 is 0. The van der Waals surface area contributed by atoms with Crippen molar-refractivity contribution in [2.24, 2.45) is 23.7 Å². The lowest BCUT2D eigenvalue weighted by atomic mass is 9.98. The Labute approximate surface area is 121 Å². The van der Waals surface area contributed by atoms with E-state index in [9.17, 15) is 0 Å². The van der Waals surface area contributed by atoms with E-state index in [4.69, 9.17) is 0 Å². The first kappa shape index (κ1) is 11.8. The van der Waals surface area contributed by atoms with Crippen molar-refractivity contribution in [3.63, 3.8) is 0 Å². The van der Waals surface area contributed by atoms with Gasteiger partial charge in [-0.25, -0.2) is 0 Å². The van der Waals surface area contributed by atoms with Gasteiger partial charge in [0.05, 0.1) is 0 Å². The van der Waals surface area contributed by atoms with Crippen LogP contribution in [0.3, 0.4) is 0 Å². The standard InChI is InChI=1S/C18H24N2/c1-2-12-5-6-19-10-15(12)7-11(1)9-20-18-16-13-3-4-14(8-13)17(16)18/h1-2,7,13-14,16-20H,3-6,8-10H2. The normalized spacial score (nSPS) is 40.5. The molecule has 0 saturated heterocycles. The molecule has 3 aliphatic carbocycles. The zero-order valence-electron chi connectivity index (χ0n) is 12.1. The van der Waals surface area contributed by atoms with Crippen LogP contribution in [0.4, 0.5) is 0 Å². The molecule has 4 unspecified atom stereocenters. The van der Waals surface area contributed by atoms with Gasteiger partial charge in [0.15, 0.2) is 0 Å². The number of hydrogen-bond acceptors (Lipinski definition) is 2. The first-order valence-corrected chi connectivity index (χ1v) is 8.45. The molecule has 2 bridgehead atoms. The van der Waals surface area contributed by atoms with Crippen LogP contribution in [0, 0.1) is 23.7 Å². The molecule has 0 radical (unpaired) electrons. The highest BCUT2D eigenvalue weighted by molar-refractivity contribution is 5.34. The van der Waals surface area contributed by atoms with E-state index in [-0.39, 0.29) is 0 Å². The molecule has 5 rings (SSSR count). The van der Waals surface area contributed by atoms with E-state index in [0.29, 0.717) is 0 Å². The molecule has 2 nitrogen and oxygen atoms in total. The smallest absolute Gasteiger partial charge is 0.0208 e. The fourth-order valence-electron chi connectivity index (χ4n) is 5.48. The molecule has 2 heteroatoms. The van der Waals surface area contributed by atoms with Gasteiger partial charge >= 0.3 is 0 Å². The highest BCUT2D eigenvalue weighted by atomic mass is 15.0. The third-order valence-electron chi connectivity index (χ3n) is 6.43. The molecule has 1 aromatic carbocycles. The summed E-state index contributed by atoms with van der Waals surface area (Å²) in [5, 5.41) is 7.34. The molecule has 0 spiro atoms. The topological polar surface area (TPSA) is 24.1 Å².